The molecule has 1 nitrogen and oxygen atoms in total. The Hall–Kier alpha value is -0.0400. The molecule has 0 aromatic heterocycles. The summed E-state index contributed by atoms with van der Waals surface area (Å²) in [7, 11) is 0. The highest BCUT2D eigenvalue weighted by Crippen LogP contribution is 2.67. The van der Waals surface area contributed by atoms with E-state index < -0.39 is 0 Å². The molecule has 4 rings (SSSR count). The molecule has 0 spiro atoms. The van der Waals surface area contributed by atoms with Crippen LogP contribution in [0.1, 0.15) is 84.5 Å². The van der Waals surface area contributed by atoms with Crippen molar-refractivity contribution in [2.75, 3.05) is 6.61 Å². The van der Waals surface area contributed by atoms with Crippen molar-refractivity contribution >= 4 is 0 Å². The van der Waals surface area contributed by atoms with Gasteiger partial charge in [0.15, 0.2) is 0 Å². The molecular weight excluding hydrogens is 268 g/mol. The van der Waals surface area contributed by atoms with Gasteiger partial charge in [-0.1, -0.05) is 33.1 Å². The topological polar surface area (TPSA) is 20.2 Å². The second kappa shape index (κ2) is 5.50. The maximum atomic E-state index is 10.3. The van der Waals surface area contributed by atoms with Gasteiger partial charge in [0.25, 0.3) is 0 Å². The molecule has 0 bridgehead atoms. The van der Waals surface area contributed by atoms with Gasteiger partial charge in [0.1, 0.15) is 0 Å². The maximum Gasteiger partial charge on any atom is 0.0492 e. The minimum Gasteiger partial charge on any atom is -0.396 e. The van der Waals surface area contributed by atoms with E-state index in [1.165, 1.54) is 70.6 Å². The Morgan fingerprint density at radius 3 is 2.55 bits per heavy atom. The monoisotopic (exact) mass is 304 g/mol. The largest absolute Gasteiger partial charge is 0.396 e. The fraction of sp³-hybridized carbons (Fsp3) is 1.00. The SMILES string of the molecule is CC[C@H]1CC[C@H]2[C@@H]3CCC4CCCC[C@]4(C)[C@H]3CC[C@]12CO. The second-order valence-electron chi connectivity index (χ2n) is 9.52. The van der Waals surface area contributed by atoms with Crippen molar-refractivity contribution in [1.29, 1.82) is 0 Å². The highest BCUT2D eigenvalue weighted by Gasteiger charge is 2.60. The van der Waals surface area contributed by atoms with E-state index in [9.17, 15) is 5.11 Å². The van der Waals surface area contributed by atoms with Crippen molar-refractivity contribution < 1.29 is 5.11 Å². The molecule has 4 aliphatic rings. The average Bonchev–Trinajstić information content (AvgIpc) is 2.93. The van der Waals surface area contributed by atoms with E-state index in [1.54, 1.807) is 0 Å². The van der Waals surface area contributed by atoms with Gasteiger partial charge in [0.05, 0.1) is 0 Å². The Kier molecular flexibility index (Phi) is 3.87. The summed E-state index contributed by atoms with van der Waals surface area (Å²) in [5.41, 5.74) is 0.959. The lowest BCUT2D eigenvalue weighted by atomic mass is 9.44. The molecule has 4 aliphatic carbocycles. The lowest BCUT2D eigenvalue weighted by molar-refractivity contribution is -0.128. The molecule has 0 aromatic carbocycles. The lowest BCUT2D eigenvalue weighted by Crippen LogP contribution is -2.54. The van der Waals surface area contributed by atoms with Gasteiger partial charge in [0, 0.05) is 6.61 Å². The molecule has 7 atom stereocenters. The first kappa shape index (κ1) is 15.5. The Morgan fingerprint density at radius 1 is 0.909 bits per heavy atom. The Labute approximate surface area is 137 Å². The predicted molar refractivity (Wildman–Crippen MR) is 91.5 cm³/mol. The van der Waals surface area contributed by atoms with Gasteiger partial charge in [-0.2, -0.15) is 0 Å². The fourth-order valence-corrected chi connectivity index (χ4v) is 8.15. The predicted octanol–water partition coefficient (Wildman–Crippen LogP) is 5.42. The van der Waals surface area contributed by atoms with Gasteiger partial charge >= 0.3 is 0 Å². The maximum absolute atomic E-state index is 10.3. The fourth-order valence-electron chi connectivity index (χ4n) is 8.15. The summed E-state index contributed by atoms with van der Waals surface area (Å²) in [5, 5.41) is 10.3. The van der Waals surface area contributed by atoms with E-state index in [2.05, 4.69) is 13.8 Å². The van der Waals surface area contributed by atoms with Crippen molar-refractivity contribution in [2.45, 2.75) is 84.5 Å². The van der Waals surface area contributed by atoms with Crippen molar-refractivity contribution in [1.82, 2.24) is 0 Å². The number of fused-ring (bicyclic) bond motifs is 5. The summed E-state index contributed by atoms with van der Waals surface area (Å²) in [6.07, 6.45) is 15.8. The molecule has 0 amide bonds. The van der Waals surface area contributed by atoms with E-state index in [0.29, 0.717) is 17.4 Å². The first-order chi connectivity index (χ1) is 10.7. The molecule has 4 fully saturated rings. The smallest absolute Gasteiger partial charge is 0.0492 e. The Balaban J connectivity index is 1.64. The minimum atomic E-state index is 0.313. The standard InChI is InChI=1S/C21H36O/c1-3-15-8-10-19-17-9-7-16-6-4-5-12-20(16,2)18(17)11-13-21(15,19)14-22/h15-19,22H,3-14H2,1-2H3/t15-,16?,17+,18-,19-,20-,21-/m0/s1. The molecular formula is C21H36O. The van der Waals surface area contributed by atoms with Crippen LogP contribution in [-0.4, -0.2) is 11.7 Å². The van der Waals surface area contributed by atoms with Crippen LogP contribution in [-0.2, 0) is 0 Å². The van der Waals surface area contributed by atoms with Crippen LogP contribution in [0.25, 0.3) is 0 Å². The van der Waals surface area contributed by atoms with E-state index in [0.717, 1.165) is 29.6 Å². The quantitative estimate of drug-likeness (QED) is 0.722. The number of hydrogen-bond acceptors (Lipinski definition) is 1. The average molecular weight is 305 g/mol. The van der Waals surface area contributed by atoms with Crippen molar-refractivity contribution in [3.05, 3.63) is 0 Å². The molecule has 1 N–H and O–H groups in total. The second-order valence-corrected chi connectivity index (χ2v) is 9.52. The van der Waals surface area contributed by atoms with Gasteiger partial charge in [-0.25, -0.2) is 0 Å². The van der Waals surface area contributed by atoms with Gasteiger partial charge in [0.2, 0.25) is 0 Å². The number of rotatable bonds is 2. The van der Waals surface area contributed by atoms with Crippen molar-refractivity contribution in [2.24, 2.45) is 40.4 Å². The third-order valence-corrected chi connectivity index (χ3v) is 9.27. The minimum absolute atomic E-state index is 0.313. The zero-order chi connectivity index (χ0) is 15.4. The third-order valence-electron chi connectivity index (χ3n) is 9.27. The molecule has 1 heteroatoms. The molecule has 0 heterocycles. The molecule has 126 valence electrons. The van der Waals surface area contributed by atoms with Crippen LogP contribution < -0.4 is 0 Å². The van der Waals surface area contributed by atoms with Gasteiger partial charge < -0.3 is 5.11 Å². The summed E-state index contributed by atoms with van der Waals surface area (Å²) < 4.78 is 0. The summed E-state index contributed by atoms with van der Waals surface area (Å²) >= 11 is 0. The van der Waals surface area contributed by atoms with Crippen LogP contribution in [0, 0.1) is 40.4 Å². The van der Waals surface area contributed by atoms with Crippen molar-refractivity contribution in [3.8, 4) is 0 Å². The highest BCUT2D eigenvalue weighted by atomic mass is 16.3. The van der Waals surface area contributed by atoms with Crippen LogP contribution >= 0.6 is 0 Å². The van der Waals surface area contributed by atoms with Crippen LogP contribution in [0.3, 0.4) is 0 Å². The molecule has 0 aliphatic heterocycles. The summed E-state index contributed by atoms with van der Waals surface area (Å²) in [5.74, 6) is 4.59. The molecule has 4 saturated carbocycles. The van der Waals surface area contributed by atoms with E-state index in [1.807, 2.05) is 0 Å². The van der Waals surface area contributed by atoms with E-state index in [-0.39, 0.29) is 0 Å². The van der Waals surface area contributed by atoms with Gasteiger partial charge in [-0.05, 0) is 91.8 Å². The molecule has 0 aromatic rings. The summed E-state index contributed by atoms with van der Waals surface area (Å²) in [4.78, 5) is 0. The molecule has 0 saturated heterocycles. The van der Waals surface area contributed by atoms with Crippen LogP contribution in [0.2, 0.25) is 0 Å². The molecule has 22 heavy (non-hydrogen) atoms. The van der Waals surface area contributed by atoms with Crippen LogP contribution in [0.4, 0.5) is 0 Å². The van der Waals surface area contributed by atoms with Crippen LogP contribution in [0.5, 0.6) is 0 Å². The molecule has 1 unspecified atom stereocenters. The van der Waals surface area contributed by atoms with E-state index in [4.69, 9.17) is 0 Å². The van der Waals surface area contributed by atoms with E-state index >= 15 is 0 Å². The Bertz CT molecular complexity index is 416. The number of aliphatic hydroxyl groups is 1. The van der Waals surface area contributed by atoms with Crippen LogP contribution in [0.15, 0.2) is 0 Å². The van der Waals surface area contributed by atoms with Crippen molar-refractivity contribution in [3.63, 3.8) is 0 Å². The summed E-state index contributed by atoms with van der Waals surface area (Å²) in [6, 6.07) is 0. The first-order valence-electron chi connectivity index (χ1n) is 10.3. The third kappa shape index (κ3) is 1.93. The molecule has 0 radical (unpaired) electrons. The number of hydrogen-bond donors (Lipinski definition) is 1. The zero-order valence-corrected chi connectivity index (χ0v) is 14.8. The first-order valence-corrected chi connectivity index (χ1v) is 10.3. The lowest BCUT2D eigenvalue weighted by Gasteiger charge is -2.61. The zero-order valence-electron chi connectivity index (χ0n) is 14.8. The van der Waals surface area contributed by atoms with Gasteiger partial charge in [-0.15, -0.1) is 0 Å². The normalized spacial score (nSPS) is 54.4. The van der Waals surface area contributed by atoms with Gasteiger partial charge in [-0.3, -0.25) is 0 Å². The highest BCUT2D eigenvalue weighted by molar-refractivity contribution is 5.09. The summed E-state index contributed by atoms with van der Waals surface area (Å²) in [6.45, 7) is 5.49. The Morgan fingerprint density at radius 2 is 1.77 bits per heavy atom. The number of aliphatic hydroxyl groups excluding tert-OH is 1.